The normalized spacial score (nSPS) is 11.6. The molecule has 0 saturated heterocycles. The number of aromatic nitrogens is 4. The molecule has 0 amide bonds. The number of benzene rings is 2. The predicted octanol–water partition coefficient (Wildman–Crippen LogP) is 5.65. The second-order valence-electron chi connectivity index (χ2n) is 8.73. The van der Waals surface area contributed by atoms with Crippen LogP contribution in [0.3, 0.4) is 0 Å². The van der Waals surface area contributed by atoms with Crippen molar-refractivity contribution in [2.24, 2.45) is 0 Å². The summed E-state index contributed by atoms with van der Waals surface area (Å²) in [5.74, 6) is 0.390. The molecule has 0 fully saturated rings. The SMILES string of the molecule is COC(=O)Cn1nncc1CCCCc1ccc(OCc2coc(C=Cc3ccc(OC(F)(F)F)cc3)n2)cc1. The van der Waals surface area contributed by atoms with Crippen LogP contribution in [0.1, 0.15) is 41.2 Å². The Bertz CT molecular complexity index is 1400. The fraction of sp³-hybridized carbons (Fsp3) is 0.286. The maximum Gasteiger partial charge on any atom is 0.573 e. The zero-order valence-electron chi connectivity index (χ0n) is 21.6. The molecule has 2 aromatic carbocycles. The Morgan fingerprint density at radius 1 is 1.00 bits per heavy atom. The first kappa shape index (κ1) is 28.4. The summed E-state index contributed by atoms with van der Waals surface area (Å²) in [7, 11) is 1.34. The first-order valence-electron chi connectivity index (χ1n) is 12.4. The summed E-state index contributed by atoms with van der Waals surface area (Å²) in [6, 6.07) is 13.3. The largest absolute Gasteiger partial charge is 0.573 e. The van der Waals surface area contributed by atoms with E-state index in [-0.39, 0.29) is 24.9 Å². The number of hydrogen-bond donors (Lipinski definition) is 0. The average Bonchev–Trinajstić information content (AvgIpc) is 3.58. The van der Waals surface area contributed by atoms with Crippen molar-refractivity contribution < 1.29 is 36.6 Å². The van der Waals surface area contributed by atoms with Crippen molar-refractivity contribution in [3.05, 3.63) is 89.4 Å². The summed E-state index contributed by atoms with van der Waals surface area (Å²) in [6.45, 7) is 0.272. The van der Waals surface area contributed by atoms with Gasteiger partial charge in [-0.25, -0.2) is 9.67 Å². The lowest BCUT2D eigenvalue weighted by molar-refractivity contribution is -0.274. The molecule has 0 N–H and O–H groups in total. The van der Waals surface area contributed by atoms with Crippen LogP contribution < -0.4 is 9.47 Å². The molecule has 0 spiro atoms. The first-order valence-corrected chi connectivity index (χ1v) is 12.4. The topological polar surface area (TPSA) is 102 Å². The van der Waals surface area contributed by atoms with Gasteiger partial charge in [-0.15, -0.1) is 18.3 Å². The maximum atomic E-state index is 12.3. The van der Waals surface area contributed by atoms with E-state index in [0.717, 1.165) is 31.4 Å². The number of carbonyl (C=O) groups excluding carboxylic acids is 1. The van der Waals surface area contributed by atoms with Crippen LogP contribution in [0.25, 0.3) is 12.2 Å². The molecule has 2 heterocycles. The lowest BCUT2D eigenvalue weighted by Gasteiger charge is -2.08. The third kappa shape index (κ3) is 9.00. The van der Waals surface area contributed by atoms with E-state index in [1.165, 1.54) is 43.2 Å². The smallest absolute Gasteiger partial charge is 0.487 e. The number of hydrogen-bond acceptors (Lipinski definition) is 8. The Morgan fingerprint density at radius 3 is 2.45 bits per heavy atom. The highest BCUT2D eigenvalue weighted by Gasteiger charge is 2.30. The van der Waals surface area contributed by atoms with Crippen molar-refractivity contribution in [3.63, 3.8) is 0 Å². The van der Waals surface area contributed by atoms with E-state index in [9.17, 15) is 18.0 Å². The molecule has 0 aliphatic rings. The number of rotatable bonds is 13. The van der Waals surface area contributed by atoms with Crippen LogP contribution >= 0.6 is 0 Å². The van der Waals surface area contributed by atoms with Crippen LogP contribution in [0.5, 0.6) is 11.5 Å². The van der Waals surface area contributed by atoms with Gasteiger partial charge < -0.3 is 18.6 Å². The van der Waals surface area contributed by atoms with Crippen molar-refractivity contribution in [1.82, 2.24) is 20.0 Å². The zero-order valence-corrected chi connectivity index (χ0v) is 21.6. The number of halogens is 3. The van der Waals surface area contributed by atoms with Crippen LogP contribution in [-0.2, 0) is 35.5 Å². The highest BCUT2D eigenvalue weighted by molar-refractivity contribution is 5.68. The summed E-state index contributed by atoms with van der Waals surface area (Å²) in [4.78, 5) is 15.8. The lowest BCUT2D eigenvalue weighted by Crippen LogP contribution is -2.16. The lowest BCUT2D eigenvalue weighted by atomic mass is 10.1. The Morgan fingerprint density at radius 2 is 1.73 bits per heavy atom. The molecular weight excluding hydrogens is 529 g/mol. The van der Waals surface area contributed by atoms with Gasteiger partial charge in [0.2, 0.25) is 5.89 Å². The summed E-state index contributed by atoms with van der Waals surface area (Å²) in [5, 5.41) is 7.80. The van der Waals surface area contributed by atoms with E-state index in [1.807, 2.05) is 24.3 Å². The van der Waals surface area contributed by atoms with Gasteiger partial charge >= 0.3 is 12.3 Å². The number of alkyl halides is 3. The summed E-state index contributed by atoms with van der Waals surface area (Å²) < 4.78 is 58.1. The summed E-state index contributed by atoms with van der Waals surface area (Å²) in [6.07, 6.45) is 5.26. The molecule has 0 aliphatic carbocycles. The number of nitrogens with zero attached hydrogens (tertiary/aromatic N) is 4. The molecule has 0 unspecified atom stereocenters. The molecule has 210 valence electrons. The van der Waals surface area contributed by atoms with Crippen LogP contribution in [0.2, 0.25) is 0 Å². The Labute approximate surface area is 228 Å². The van der Waals surface area contributed by atoms with Crippen LogP contribution in [0.15, 0.2) is 65.4 Å². The number of methoxy groups -OCH3 is 1. The van der Waals surface area contributed by atoms with E-state index in [2.05, 4.69) is 24.8 Å². The van der Waals surface area contributed by atoms with Crippen LogP contribution in [0, 0.1) is 0 Å². The van der Waals surface area contributed by atoms with Gasteiger partial charge in [0, 0.05) is 6.08 Å². The van der Waals surface area contributed by atoms with Crippen molar-refractivity contribution in [3.8, 4) is 11.5 Å². The minimum Gasteiger partial charge on any atom is -0.487 e. The summed E-state index contributed by atoms with van der Waals surface area (Å²) >= 11 is 0. The molecule has 4 rings (SSSR count). The van der Waals surface area contributed by atoms with E-state index < -0.39 is 6.36 Å². The Balaban J connectivity index is 1.18. The maximum absolute atomic E-state index is 12.3. The monoisotopic (exact) mass is 556 g/mol. The Hall–Kier alpha value is -4.61. The number of ether oxygens (including phenoxy) is 3. The molecule has 0 bridgehead atoms. The van der Waals surface area contributed by atoms with Gasteiger partial charge in [-0.2, -0.15) is 0 Å². The molecule has 0 atom stereocenters. The Kier molecular flexibility index (Phi) is 9.55. The minimum absolute atomic E-state index is 0.0568. The predicted molar refractivity (Wildman–Crippen MR) is 138 cm³/mol. The van der Waals surface area contributed by atoms with E-state index in [4.69, 9.17) is 9.15 Å². The van der Waals surface area contributed by atoms with E-state index >= 15 is 0 Å². The molecule has 0 aliphatic heterocycles. The van der Waals surface area contributed by atoms with Gasteiger partial charge in [0.1, 0.15) is 36.6 Å². The van der Waals surface area contributed by atoms with Crippen LogP contribution in [0.4, 0.5) is 13.2 Å². The van der Waals surface area contributed by atoms with Crippen molar-refractivity contribution in [1.29, 1.82) is 0 Å². The average molecular weight is 557 g/mol. The molecule has 0 radical (unpaired) electrons. The second-order valence-corrected chi connectivity index (χ2v) is 8.73. The highest BCUT2D eigenvalue weighted by Crippen LogP contribution is 2.23. The third-order valence-corrected chi connectivity index (χ3v) is 5.76. The number of aryl methyl sites for hydroxylation is 2. The number of unbranched alkanes of at least 4 members (excludes halogenated alkanes) is 1. The van der Waals surface area contributed by atoms with Crippen LogP contribution in [-0.4, -0.2) is 39.4 Å². The van der Waals surface area contributed by atoms with Gasteiger partial charge in [0.25, 0.3) is 0 Å². The standard InChI is InChI=1S/C28H27F3N4O5/c1-37-27(36)17-35-23(16-32-34-35)5-3-2-4-20-6-11-24(12-7-20)38-18-22-19-39-26(33-22)15-10-21-8-13-25(14-9-21)40-28(29,30)31/h6-16,19H,2-5,17-18H2,1H3. The zero-order chi connectivity index (χ0) is 28.4. The van der Waals surface area contributed by atoms with Gasteiger partial charge in [0.15, 0.2) is 0 Å². The molecule has 40 heavy (non-hydrogen) atoms. The van der Waals surface area contributed by atoms with Gasteiger partial charge in [-0.3, -0.25) is 4.79 Å². The molecule has 4 aromatic rings. The van der Waals surface area contributed by atoms with Gasteiger partial charge in [-0.1, -0.05) is 29.5 Å². The van der Waals surface area contributed by atoms with Gasteiger partial charge in [-0.05, 0) is 67.2 Å². The molecule has 0 saturated carbocycles. The van der Waals surface area contributed by atoms with Crippen molar-refractivity contribution >= 4 is 18.1 Å². The fourth-order valence-electron chi connectivity index (χ4n) is 3.75. The number of esters is 1. The molecular formula is C28H27F3N4O5. The van der Waals surface area contributed by atoms with Gasteiger partial charge in [0.05, 0.1) is 19.0 Å². The minimum atomic E-state index is -4.73. The first-order chi connectivity index (χ1) is 19.3. The van der Waals surface area contributed by atoms with E-state index in [1.54, 1.807) is 23.0 Å². The number of carbonyl (C=O) groups is 1. The number of oxazole rings is 1. The van der Waals surface area contributed by atoms with E-state index in [0.29, 0.717) is 22.9 Å². The molecule has 9 nitrogen and oxygen atoms in total. The fourth-order valence-corrected chi connectivity index (χ4v) is 3.75. The second kappa shape index (κ2) is 13.5. The van der Waals surface area contributed by atoms with Crippen molar-refractivity contribution in [2.75, 3.05) is 7.11 Å². The molecule has 2 aromatic heterocycles. The molecule has 12 heteroatoms. The third-order valence-electron chi connectivity index (χ3n) is 5.76. The van der Waals surface area contributed by atoms with Crippen molar-refractivity contribution in [2.45, 2.75) is 45.2 Å². The quantitative estimate of drug-likeness (QED) is 0.154. The highest BCUT2D eigenvalue weighted by atomic mass is 19.4. The summed E-state index contributed by atoms with van der Waals surface area (Å²) in [5.41, 5.74) is 3.33.